The minimum absolute atomic E-state index is 0.235. The smallest absolute Gasteiger partial charge is 0.320 e. The number of nitrogens with zero attached hydrogens (tertiary/aromatic N) is 2. The van der Waals surface area contributed by atoms with Gasteiger partial charge in [0, 0.05) is 17.9 Å². The fourth-order valence-electron chi connectivity index (χ4n) is 2.36. The highest BCUT2D eigenvalue weighted by atomic mass is 16.6. The molecule has 0 aliphatic heterocycles. The zero-order valence-corrected chi connectivity index (χ0v) is 13.4. The predicted molar refractivity (Wildman–Crippen MR) is 77.7 cm³/mol. The fourth-order valence-corrected chi connectivity index (χ4v) is 2.36. The summed E-state index contributed by atoms with van der Waals surface area (Å²) in [6.07, 6.45) is 3.82. The maximum atomic E-state index is 12.0. The van der Waals surface area contributed by atoms with E-state index in [1.807, 2.05) is 31.5 Å². The Morgan fingerprint density at radius 1 is 1.24 bits per heavy atom. The van der Waals surface area contributed by atoms with Gasteiger partial charge in [0.15, 0.2) is 5.92 Å². The van der Waals surface area contributed by atoms with E-state index in [9.17, 15) is 9.59 Å². The van der Waals surface area contributed by atoms with Crippen LogP contribution in [0.15, 0.2) is 12.4 Å². The first-order chi connectivity index (χ1) is 9.83. The van der Waals surface area contributed by atoms with Crippen molar-refractivity contribution in [2.75, 3.05) is 13.2 Å². The second-order valence-electron chi connectivity index (χ2n) is 5.42. The van der Waals surface area contributed by atoms with Gasteiger partial charge in [0.2, 0.25) is 0 Å². The Hall–Kier alpha value is -1.85. The summed E-state index contributed by atoms with van der Waals surface area (Å²) in [5.74, 6) is -1.18. The Morgan fingerprint density at radius 3 is 2.14 bits per heavy atom. The lowest BCUT2D eigenvalue weighted by molar-refractivity contribution is -0.163. The molecule has 0 spiro atoms. The first kappa shape index (κ1) is 17.2. The number of imidazole rings is 1. The zero-order chi connectivity index (χ0) is 16.0. The number of aryl methyl sites for hydroxylation is 1. The van der Waals surface area contributed by atoms with Gasteiger partial charge in [-0.2, -0.15) is 0 Å². The minimum atomic E-state index is -0.929. The highest BCUT2D eigenvalue weighted by Crippen LogP contribution is 2.27. The Kier molecular flexibility index (Phi) is 5.93. The lowest BCUT2D eigenvalue weighted by Crippen LogP contribution is -2.37. The van der Waals surface area contributed by atoms with Crippen molar-refractivity contribution >= 4 is 11.9 Å². The van der Waals surface area contributed by atoms with Crippen molar-refractivity contribution in [1.29, 1.82) is 0 Å². The van der Waals surface area contributed by atoms with Gasteiger partial charge in [0.25, 0.3) is 0 Å². The highest BCUT2D eigenvalue weighted by molar-refractivity contribution is 5.95. The number of hydrogen-bond acceptors (Lipinski definition) is 5. The SMILES string of the molecule is CCOC(=O)C(CC(C)(C)n1ccnc1C)C(=O)OCC. The van der Waals surface area contributed by atoms with Crippen LogP contribution in [0.5, 0.6) is 0 Å². The molecule has 0 amide bonds. The summed E-state index contributed by atoms with van der Waals surface area (Å²) >= 11 is 0. The molecule has 0 aromatic carbocycles. The molecule has 0 radical (unpaired) electrons. The maximum absolute atomic E-state index is 12.0. The van der Waals surface area contributed by atoms with Crippen LogP contribution in [-0.2, 0) is 24.6 Å². The van der Waals surface area contributed by atoms with Gasteiger partial charge in [-0.3, -0.25) is 9.59 Å². The van der Waals surface area contributed by atoms with E-state index in [4.69, 9.17) is 9.47 Å². The second kappa shape index (κ2) is 7.24. The molecule has 6 nitrogen and oxygen atoms in total. The monoisotopic (exact) mass is 296 g/mol. The molecule has 0 saturated carbocycles. The lowest BCUT2D eigenvalue weighted by atomic mass is 9.90. The summed E-state index contributed by atoms with van der Waals surface area (Å²) in [4.78, 5) is 28.3. The van der Waals surface area contributed by atoms with E-state index in [0.29, 0.717) is 6.42 Å². The molecule has 0 saturated heterocycles. The average Bonchev–Trinajstić information content (AvgIpc) is 2.83. The summed E-state index contributed by atoms with van der Waals surface area (Å²) in [6.45, 7) is 9.68. The minimum Gasteiger partial charge on any atom is -0.465 e. The molecule has 0 bridgehead atoms. The van der Waals surface area contributed by atoms with E-state index in [1.54, 1.807) is 20.0 Å². The number of carbonyl (C=O) groups excluding carboxylic acids is 2. The molecule has 0 unspecified atom stereocenters. The third-order valence-electron chi connectivity index (χ3n) is 3.32. The second-order valence-corrected chi connectivity index (χ2v) is 5.42. The van der Waals surface area contributed by atoms with E-state index in [1.165, 1.54) is 0 Å². The van der Waals surface area contributed by atoms with Crippen molar-refractivity contribution < 1.29 is 19.1 Å². The Labute approximate surface area is 125 Å². The first-order valence-electron chi connectivity index (χ1n) is 7.17. The molecule has 6 heteroatoms. The van der Waals surface area contributed by atoms with Crippen LogP contribution in [0.3, 0.4) is 0 Å². The predicted octanol–water partition coefficient (Wildman–Crippen LogP) is 2.06. The van der Waals surface area contributed by atoms with Crippen LogP contribution >= 0.6 is 0 Å². The van der Waals surface area contributed by atoms with Crippen LogP contribution in [-0.4, -0.2) is 34.7 Å². The van der Waals surface area contributed by atoms with Crippen LogP contribution in [0.2, 0.25) is 0 Å². The largest absolute Gasteiger partial charge is 0.465 e. The third kappa shape index (κ3) is 4.31. The Balaban J connectivity index is 2.97. The Morgan fingerprint density at radius 2 is 1.76 bits per heavy atom. The molecule has 1 aromatic heterocycles. The highest BCUT2D eigenvalue weighted by Gasteiger charge is 2.36. The van der Waals surface area contributed by atoms with Crippen LogP contribution < -0.4 is 0 Å². The quantitative estimate of drug-likeness (QED) is 0.569. The van der Waals surface area contributed by atoms with Gasteiger partial charge in [-0.15, -0.1) is 0 Å². The van der Waals surface area contributed by atoms with Crippen molar-refractivity contribution in [2.45, 2.75) is 46.6 Å². The fraction of sp³-hybridized carbons (Fsp3) is 0.667. The summed E-state index contributed by atoms with van der Waals surface area (Å²) in [7, 11) is 0. The van der Waals surface area contributed by atoms with E-state index in [-0.39, 0.29) is 13.2 Å². The van der Waals surface area contributed by atoms with Gasteiger partial charge in [-0.1, -0.05) is 0 Å². The van der Waals surface area contributed by atoms with Crippen molar-refractivity contribution in [1.82, 2.24) is 9.55 Å². The van der Waals surface area contributed by atoms with E-state index in [0.717, 1.165) is 5.82 Å². The number of rotatable bonds is 7. The lowest BCUT2D eigenvalue weighted by Gasteiger charge is -2.30. The molecular formula is C15H24N2O4. The van der Waals surface area contributed by atoms with Crippen LogP contribution in [0.1, 0.15) is 39.9 Å². The summed E-state index contributed by atoms with van der Waals surface area (Å²) in [5.41, 5.74) is -0.454. The van der Waals surface area contributed by atoms with Crippen molar-refractivity contribution in [3.05, 3.63) is 18.2 Å². The molecule has 0 aliphatic carbocycles. The topological polar surface area (TPSA) is 70.4 Å². The van der Waals surface area contributed by atoms with Crippen molar-refractivity contribution in [3.8, 4) is 0 Å². The number of esters is 2. The molecule has 1 heterocycles. The molecule has 0 N–H and O–H groups in total. The van der Waals surface area contributed by atoms with Crippen LogP contribution in [0.4, 0.5) is 0 Å². The number of hydrogen-bond donors (Lipinski definition) is 0. The molecular weight excluding hydrogens is 272 g/mol. The molecule has 1 rings (SSSR count). The number of aromatic nitrogens is 2. The van der Waals surface area contributed by atoms with E-state index >= 15 is 0 Å². The number of carbonyl (C=O) groups is 2. The average molecular weight is 296 g/mol. The molecule has 1 aromatic rings. The van der Waals surface area contributed by atoms with Gasteiger partial charge in [0.05, 0.1) is 13.2 Å². The standard InChI is InChI=1S/C15H24N2O4/c1-6-20-13(18)12(14(19)21-7-2)10-15(4,5)17-9-8-16-11(17)3/h8-9,12H,6-7,10H2,1-5H3. The Bertz CT molecular complexity index is 476. The van der Waals surface area contributed by atoms with Crippen molar-refractivity contribution in [3.63, 3.8) is 0 Å². The van der Waals surface area contributed by atoms with Gasteiger partial charge in [-0.05, 0) is 41.0 Å². The van der Waals surface area contributed by atoms with E-state index < -0.39 is 23.4 Å². The van der Waals surface area contributed by atoms with Gasteiger partial charge in [0.1, 0.15) is 5.82 Å². The zero-order valence-electron chi connectivity index (χ0n) is 13.4. The first-order valence-corrected chi connectivity index (χ1v) is 7.17. The molecule has 0 atom stereocenters. The molecule has 21 heavy (non-hydrogen) atoms. The van der Waals surface area contributed by atoms with E-state index in [2.05, 4.69) is 4.98 Å². The third-order valence-corrected chi connectivity index (χ3v) is 3.32. The van der Waals surface area contributed by atoms with Crippen molar-refractivity contribution in [2.24, 2.45) is 5.92 Å². The van der Waals surface area contributed by atoms with Gasteiger partial charge >= 0.3 is 11.9 Å². The summed E-state index contributed by atoms with van der Waals surface area (Å²) in [6, 6.07) is 0. The summed E-state index contributed by atoms with van der Waals surface area (Å²) < 4.78 is 11.9. The van der Waals surface area contributed by atoms with Crippen LogP contribution in [0, 0.1) is 12.8 Å². The van der Waals surface area contributed by atoms with Gasteiger partial charge in [-0.25, -0.2) is 4.98 Å². The van der Waals surface area contributed by atoms with Crippen LogP contribution in [0.25, 0.3) is 0 Å². The molecule has 0 aliphatic rings. The number of ether oxygens (including phenoxy) is 2. The molecule has 118 valence electrons. The normalized spacial score (nSPS) is 11.5. The maximum Gasteiger partial charge on any atom is 0.320 e. The van der Waals surface area contributed by atoms with Gasteiger partial charge < -0.3 is 14.0 Å². The molecule has 0 fully saturated rings. The summed E-state index contributed by atoms with van der Waals surface area (Å²) in [5, 5.41) is 0.